The largest absolute Gasteiger partial charge is 0.321 e. The number of benzene rings is 3. The molecule has 28 heavy (non-hydrogen) atoms. The number of hydrogen-bond donors (Lipinski definition) is 1. The van der Waals surface area contributed by atoms with Gasteiger partial charge in [0.2, 0.25) is 0 Å². The van der Waals surface area contributed by atoms with E-state index < -0.39 is 0 Å². The highest BCUT2D eigenvalue weighted by atomic mass is 35.5. The second-order valence-electron chi connectivity index (χ2n) is 6.14. The molecule has 1 aromatic heterocycles. The molecule has 0 atom stereocenters. The van der Waals surface area contributed by atoms with E-state index in [-0.39, 0.29) is 5.91 Å². The van der Waals surface area contributed by atoms with Crippen molar-refractivity contribution >= 4 is 57.3 Å². The van der Waals surface area contributed by atoms with E-state index in [0.29, 0.717) is 32.0 Å². The first-order valence-electron chi connectivity index (χ1n) is 8.44. The van der Waals surface area contributed by atoms with Gasteiger partial charge in [-0.2, -0.15) is 0 Å². The second-order valence-corrected chi connectivity index (χ2v) is 7.36. The van der Waals surface area contributed by atoms with E-state index in [1.54, 1.807) is 6.07 Å². The van der Waals surface area contributed by atoms with Gasteiger partial charge in [-0.25, -0.2) is 4.98 Å². The lowest BCUT2D eigenvalue weighted by Gasteiger charge is -2.12. The molecule has 0 aliphatic heterocycles. The number of amides is 1. The summed E-state index contributed by atoms with van der Waals surface area (Å²) < 4.78 is 0. The highest BCUT2D eigenvalue weighted by molar-refractivity contribution is 6.44. The number of rotatable bonds is 3. The van der Waals surface area contributed by atoms with Crippen LogP contribution in [-0.4, -0.2) is 10.9 Å². The van der Waals surface area contributed by atoms with Crippen LogP contribution in [0.25, 0.3) is 22.2 Å². The van der Waals surface area contributed by atoms with E-state index in [0.717, 1.165) is 16.5 Å². The van der Waals surface area contributed by atoms with Crippen LogP contribution < -0.4 is 5.32 Å². The summed E-state index contributed by atoms with van der Waals surface area (Å²) in [6.07, 6.45) is 0. The van der Waals surface area contributed by atoms with Crippen LogP contribution in [0.1, 0.15) is 10.4 Å². The monoisotopic (exact) mass is 426 g/mol. The van der Waals surface area contributed by atoms with Gasteiger partial charge in [-0.15, -0.1) is 0 Å². The maximum absolute atomic E-state index is 13.1. The first-order valence-corrected chi connectivity index (χ1v) is 9.57. The van der Waals surface area contributed by atoms with Crippen LogP contribution in [0.2, 0.25) is 15.1 Å². The summed E-state index contributed by atoms with van der Waals surface area (Å²) >= 11 is 18.2. The van der Waals surface area contributed by atoms with Gasteiger partial charge in [0, 0.05) is 10.9 Å². The van der Waals surface area contributed by atoms with Crippen molar-refractivity contribution in [3.8, 4) is 11.3 Å². The Bertz CT molecular complexity index is 1190. The van der Waals surface area contributed by atoms with Gasteiger partial charge in [0.25, 0.3) is 5.91 Å². The van der Waals surface area contributed by atoms with Crippen LogP contribution in [0.4, 0.5) is 5.69 Å². The zero-order valence-electron chi connectivity index (χ0n) is 14.4. The molecule has 6 heteroatoms. The number of pyridine rings is 1. The van der Waals surface area contributed by atoms with Crippen LogP contribution in [-0.2, 0) is 0 Å². The number of halogens is 3. The van der Waals surface area contributed by atoms with Gasteiger partial charge in [-0.05, 0) is 24.3 Å². The zero-order chi connectivity index (χ0) is 19.7. The summed E-state index contributed by atoms with van der Waals surface area (Å²) in [4.78, 5) is 17.8. The number of nitrogens with zero attached hydrogens (tertiary/aromatic N) is 1. The molecule has 1 N–H and O–H groups in total. The fourth-order valence-corrected chi connectivity index (χ4v) is 3.52. The number of hydrogen-bond acceptors (Lipinski definition) is 2. The van der Waals surface area contributed by atoms with Crippen molar-refractivity contribution in [1.82, 2.24) is 4.98 Å². The topological polar surface area (TPSA) is 42.0 Å². The van der Waals surface area contributed by atoms with Crippen LogP contribution in [0.5, 0.6) is 0 Å². The molecular formula is C22H13Cl3N2O. The van der Waals surface area contributed by atoms with Crippen molar-refractivity contribution < 1.29 is 4.79 Å². The summed E-state index contributed by atoms with van der Waals surface area (Å²) in [5, 5.41) is 4.51. The molecule has 0 saturated heterocycles. The molecule has 0 fully saturated rings. The summed E-state index contributed by atoms with van der Waals surface area (Å²) in [6.45, 7) is 0. The molecule has 0 bridgehead atoms. The fourth-order valence-electron chi connectivity index (χ4n) is 2.93. The van der Waals surface area contributed by atoms with Crippen molar-refractivity contribution in [3.05, 3.63) is 93.4 Å². The number of fused-ring (bicyclic) bond motifs is 1. The van der Waals surface area contributed by atoms with E-state index >= 15 is 0 Å². The van der Waals surface area contributed by atoms with E-state index in [4.69, 9.17) is 39.8 Å². The lowest BCUT2D eigenvalue weighted by Crippen LogP contribution is -2.13. The maximum atomic E-state index is 13.1. The minimum Gasteiger partial charge on any atom is -0.321 e. The van der Waals surface area contributed by atoms with E-state index in [1.807, 2.05) is 54.6 Å². The third-order valence-electron chi connectivity index (χ3n) is 4.29. The zero-order valence-corrected chi connectivity index (χ0v) is 16.7. The molecule has 0 radical (unpaired) electrons. The Labute approximate surface area is 176 Å². The van der Waals surface area contributed by atoms with E-state index in [9.17, 15) is 4.79 Å². The van der Waals surface area contributed by atoms with Gasteiger partial charge in [0.15, 0.2) is 0 Å². The third-order valence-corrected chi connectivity index (χ3v) is 5.32. The number of carbonyl (C=O) groups is 1. The van der Waals surface area contributed by atoms with Crippen LogP contribution >= 0.6 is 34.8 Å². The number of aromatic nitrogens is 1. The molecule has 0 spiro atoms. The van der Waals surface area contributed by atoms with Crippen molar-refractivity contribution in [2.45, 2.75) is 0 Å². The van der Waals surface area contributed by atoms with Gasteiger partial charge in [0.1, 0.15) is 0 Å². The normalized spacial score (nSPS) is 10.8. The first kappa shape index (κ1) is 18.8. The van der Waals surface area contributed by atoms with Gasteiger partial charge in [-0.1, -0.05) is 83.3 Å². The van der Waals surface area contributed by atoms with Gasteiger partial charge in [-0.3, -0.25) is 4.79 Å². The van der Waals surface area contributed by atoms with Gasteiger partial charge >= 0.3 is 0 Å². The number of para-hydroxylation sites is 1. The molecule has 138 valence electrons. The summed E-state index contributed by atoms with van der Waals surface area (Å²) in [6, 6.07) is 22.0. The van der Waals surface area contributed by atoms with Crippen molar-refractivity contribution in [1.29, 1.82) is 0 Å². The fraction of sp³-hybridized carbons (Fsp3) is 0. The van der Waals surface area contributed by atoms with E-state index in [1.165, 1.54) is 12.1 Å². The molecule has 1 amide bonds. The van der Waals surface area contributed by atoms with Crippen molar-refractivity contribution in [2.24, 2.45) is 0 Å². The smallest absolute Gasteiger partial charge is 0.256 e. The van der Waals surface area contributed by atoms with Gasteiger partial charge < -0.3 is 5.32 Å². The summed E-state index contributed by atoms with van der Waals surface area (Å²) in [5.74, 6) is -0.309. The Kier molecular flexibility index (Phi) is 5.23. The molecule has 1 heterocycles. The van der Waals surface area contributed by atoms with Crippen molar-refractivity contribution in [2.75, 3.05) is 5.32 Å². The molecule has 0 unspecified atom stereocenters. The summed E-state index contributed by atoms with van der Waals surface area (Å²) in [7, 11) is 0. The third kappa shape index (κ3) is 3.69. The maximum Gasteiger partial charge on any atom is 0.256 e. The lowest BCUT2D eigenvalue weighted by atomic mass is 10.0. The van der Waals surface area contributed by atoms with Crippen LogP contribution in [0.15, 0.2) is 72.8 Å². The average Bonchev–Trinajstić information content (AvgIpc) is 2.71. The Morgan fingerprint density at radius 3 is 2.25 bits per heavy atom. The number of carbonyl (C=O) groups excluding carboxylic acids is 1. The molecule has 0 saturated carbocycles. The number of nitrogens with one attached hydrogen (secondary N) is 1. The molecular weight excluding hydrogens is 415 g/mol. The molecule has 3 aromatic carbocycles. The van der Waals surface area contributed by atoms with Crippen molar-refractivity contribution in [3.63, 3.8) is 0 Å². The average molecular weight is 428 g/mol. The number of anilines is 1. The minimum absolute atomic E-state index is 0.309. The molecule has 4 rings (SSSR count). The molecule has 0 aliphatic carbocycles. The lowest BCUT2D eigenvalue weighted by molar-refractivity contribution is 0.102. The second kappa shape index (κ2) is 7.80. The quantitative estimate of drug-likeness (QED) is 0.354. The Hall–Kier alpha value is -2.59. The molecule has 0 aliphatic rings. The highest BCUT2D eigenvalue weighted by Gasteiger charge is 2.16. The Balaban J connectivity index is 1.81. The standard InChI is InChI=1S/C22H13Cl3N2O/c23-16-11-18(25)21(12-17(16)24)27-22(28)15-10-20(13-6-2-1-3-7-13)26-19-9-5-4-8-14(15)19/h1-12H,(H,27,28). The minimum atomic E-state index is -0.309. The Morgan fingerprint density at radius 1 is 0.786 bits per heavy atom. The van der Waals surface area contributed by atoms with E-state index in [2.05, 4.69) is 5.32 Å². The van der Waals surface area contributed by atoms with Crippen LogP contribution in [0, 0.1) is 0 Å². The van der Waals surface area contributed by atoms with Crippen LogP contribution in [0.3, 0.4) is 0 Å². The molecule has 3 nitrogen and oxygen atoms in total. The molecule has 4 aromatic rings. The van der Waals surface area contributed by atoms with Gasteiger partial charge in [0.05, 0.1) is 37.5 Å². The Morgan fingerprint density at radius 2 is 1.46 bits per heavy atom. The predicted molar refractivity (Wildman–Crippen MR) is 117 cm³/mol. The summed E-state index contributed by atoms with van der Waals surface area (Å²) in [5.41, 5.74) is 3.25. The highest BCUT2D eigenvalue weighted by Crippen LogP contribution is 2.33. The SMILES string of the molecule is O=C(Nc1cc(Cl)c(Cl)cc1Cl)c1cc(-c2ccccc2)nc2ccccc12. The predicted octanol–water partition coefficient (Wildman–Crippen LogP) is 7.11. The first-order chi connectivity index (χ1) is 13.5.